The third-order valence-corrected chi connectivity index (χ3v) is 3.58. The number of aryl methyl sites for hydroxylation is 3. The molecule has 1 aromatic heterocycles. The number of hydrogen-bond acceptors (Lipinski definition) is 2. The van der Waals surface area contributed by atoms with Gasteiger partial charge in [-0.1, -0.05) is 19.1 Å². The van der Waals surface area contributed by atoms with Crippen LogP contribution in [0.2, 0.25) is 0 Å². The number of nitrogens with zero attached hydrogens (tertiary/aromatic N) is 1. The van der Waals surface area contributed by atoms with Gasteiger partial charge in [0.25, 0.3) is 0 Å². The van der Waals surface area contributed by atoms with Crippen LogP contribution in [0, 0.1) is 13.8 Å². The monoisotopic (exact) mass is 269 g/mol. The van der Waals surface area contributed by atoms with Crippen molar-refractivity contribution < 1.29 is 9.90 Å². The van der Waals surface area contributed by atoms with Gasteiger partial charge in [-0.25, -0.2) is 4.79 Å². The molecule has 0 aliphatic carbocycles. The number of pyridine rings is 1. The van der Waals surface area contributed by atoms with Crippen molar-refractivity contribution in [2.75, 3.05) is 0 Å². The van der Waals surface area contributed by atoms with E-state index in [1.807, 2.05) is 32.2 Å². The molecule has 0 amide bonds. The number of aromatic nitrogens is 1. The smallest absolute Gasteiger partial charge is 0.335 e. The predicted octanol–water partition coefficient (Wildman–Crippen LogP) is 3.55. The van der Waals surface area contributed by atoms with Crippen molar-refractivity contribution >= 4 is 5.97 Å². The lowest BCUT2D eigenvalue weighted by atomic mass is 9.96. The minimum absolute atomic E-state index is 0.371. The van der Waals surface area contributed by atoms with Gasteiger partial charge in [-0.2, -0.15) is 0 Å². The largest absolute Gasteiger partial charge is 0.478 e. The van der Waals surface area contributed by atoms with Crippen molar-refractivity contribution in [2.45, 2.75) is 33.6 Å². The summed E-state index contributed by atoms with van der Waals surface area (Å²) in [4.78, 5) is 15.6. The van der Waals surface area contributed by atoms with Crippen molar-refractivity contribution in [3.63, 3.8) is 0 Å². The van der Waals surface area contributed by atoms with Crippen molar-refractivity contribution in [2.24, 2.45) is 0 Å². The van der Waals surface area contributed by atoms with Crippen molar-refractivity contribution in [1.82, 2.24) is 4.98 Å². The van der Waals surface area contributed by atoms with E-state index in [4.69, 9.17) is 0 Å². The number of carbonyl (C=O) groups is 1. The first kappa shape index (κ1) is 14.3. The maximum atomic E-state index is 11.2. The fourth-order valence-electron chi connectivity index (χ4n) is 2.28. The summed E-state index contributed by atoms with van der Waals surface area (Å²) >= 11 is 0. The molecule has 1 heterocycles. The maximum absolute atomic E-state index is 11.2. The average Bonchev–Trinajstić information content (AvgIpc) is 2.42. The molecule has 1 aromatic carbocycles. The Morgan fingerprint density at radius 3 is 2.50 bits per heavy atom. The zero-order valence-corrected chi connectivity index (χ0v) is 12.1. The number of benzene rings is 1. The summed E-state index contributed by atoms with van der Waals surface area (Å²) in [6.07, 6.45) is 3.52. The van der Waals surface area contributed by atoms with E-state index in [1.165, 1.54) is 5.56 Å². The highest BCUT2D eigenvalue weighted by Gasteiger charge is 2.11. The van der Waals surface area contributed by atoms with Gasteiger partial charge < -0.3 is 5.11 Å². The number of rotatable bonds is 4. The highest BCUT2D eigenvalue weighted by Crippen LogP contribution is 2.19. The molecule has 0 aliphatic heterocycles. The summed E-state index contributed by atoms with van der Waals surface area (Å²) in [6, 6.07) is 7.78. The van der Waals surface area contributed by atoms with E-state index in [1.54, 1.807) is 6.07 Å². The van der Waals surface area contributed by atoms with E-state index < -0.39 is 5.97 Å². The van der Waals surface area contributed by atoms with Gasteiger partial charge in [0.1, 0.15) is 0 Å². The molecule has 3 nitrogen and oxygen atoms in total. The lowest BCUT2D eigenvalue weighted by Gasteiger charge is -2.10. The van der Waals surface area contributed by atoms with E-state index in [0.717, 1.165) is 28.8 Å². The van der Waals surface area contributed by atoms with Crippen molar-refractivity contribution in [3.05, 3.63) is 64.0 Å². The highest BCUT2D eigenvalue weighted by atomic mass is 16.4. The Hall–Kier alpha value is -2.16. The van der Waals surface area contributed by atoms with Gasteiger partial charge in [0.05, 0.1) is 5.56 Å². The second kappa shape index (κ2) is 5.87. The molecule has 1 N–H and O–H groups in total. The molecule has 0 fully saturated rings. The molecule has 0 aliphatic rings. The topological polar surface area (TPSA) is 50.2 Å². The van der Waals surface area contributed by atoms with Gasteiger partial charge in [0.15, 0.2) is 0 Å². The Kier molecular flexibility index (Phi) is 4.18. The minimum atomic E-state index is -0.877. The van der Waals surface area contributed by atoms with Gasteiger partial charge in [0, 0.05) is 18.3 Å². The summed E-state index contributed by atoms with van der Waals surface area (Å²) in [6.45, 7) is 5.93. The molecular weight excluding hydrogens is 250 g/mol. The summed E-state index contributed by atoms with van der Waals surface area (Å²) < 4.78 is 0. The average molecular weight is 269 g/mol. The van der Waals surface area contributed by atoms with Crippen LogP contribution in [0.25, 0.3) is 0 Å². The predicted molar refractivity (Wildman–Crippen MR) is 79.3 cm³/mol. The van der Waals surface area contributed by atoms with Crippen LogP contribution in [0.15, 0.2) is 30.5 Å². The molecule has 0 saturated heterocycles. The summed E-state index contributed by atoms with van der Waals surface area (Å²) in [7, 11) is 0. The summed E-state index contributed by atoms with van der Waals surface area (Å²) in [5.41, 5.74) is 5.47. The van der Waals surface area contributed by atoms with Gasteiger partial charge in [-0.3, -0.25) is 4.98 Å². The molecular formula is C17H19NO2. The van der Waals surface area contributed by atoms with E-state index in [2.05, 4.69) is 18.0 Å². The second-order valence-electron chi connectivity index (χ2n) is 5.09. The fraction of sp³-hybridized carbons (Fsp3) is 0.294. The van der Waals surface area contributed by atoms with Crippen LogP contribution in [-0.4, -0.2) is 16.1 Å². The third kappa shape index (κ3) is 3.05. The second-order valence-corrected chi connectivity index (χ2v) is 5.09. The Morgan fingerprint density at radius 2 is 1.95 bits per heavy atom. The van der Waals surface area contributed by atoms with Gasteiger partial charge in [-0.05, 0) is 54.7 Å². The Balaban J connectivity index is 2.32. The van der Waals surface area contributed by atoms with Crippen LogP contribution in [0.5, 0.6) is 0 Å². The van der Waals surface area contributed by atoms with E-state index in [0.29, 0.717) is 12.0 Å². The first-order valence-corrected chi connectivity index (χ1v) is 6.78. The SMILES string of the molecule is CCc1ccc(Cc2cc(C(=O)O)c(C)cc2C)nc1. The molecule has 0 radical (unpaired) electrons. The molecule has 0 atom stereocenters. The Bertz CT molecular complexity index is 630. The van der Waals surface area contributed by atoms with E-state index in [9.17, 15) is 9.90 Å². The van der Waals surface area contributed by atoms with Gasteiger partial charge >= 0.3 is 5.97 Å². The normalized spacial score (nSPS) is 10.6. The number of aromatic carboxylic acids is 1. The molecule has 0 unspecified atom stereocenters. The van der Waals surface area contributed by atoms with Crippen LogP contribution >= 0.6 is 0 Å². The Morgan fingerprint density at radius 1 is 1.20 bits per heavy atom. The van der Waals surface area contributed by atoms with Crippen LogP contribution in [0.4, 0.5) is 0 Å². The van der Waals surface area contributed by atoms with E-state index in [-0.39, 0.29) is 0 Å². The zero-order valence-electron chi connectivity index (χ0n) is 12.1. The van der Waals surface area contributed by atoms with Crippen LogP contribution in [0.3, 0.4) is 0 Å². The van der Waals surface area contributed by atoms with Crippen LogP contribution < -0.4 is 0 Å². The fourth-order valence-corrected chi connectivity index (χ4v) is 2.28. The zero-order chi connectivity index (χ0) is 14.7. The molecule has 3 heteroatoms. The quantitative estimate of drug-likeness (QED) is 0.923. The molecule has 104 valence electrons. The standard InChI is InChI=1S/C17H19NO2/c1-4-13-5-6-15(18-10-13)8-14-9-16(17(19)20)12(3)7-11(14)2/h5-7,9-10H,4,8H2,1-3H3,(H,19,20). The Labute approximate surface area is 119 Å². The number of carboxylic acid groups (broad SMARTS) is 1. The lowest BCUT2D eigenvalue weighted by Crippen LogP contribution is -2.04. The maximum Gasteiger partial charge on any atom is 0.335 e. The summed E-state index contributed by atoms with van der Waals surface area (Å²) in [5, 5.41) is 9.20. The van der Waals surface area contributed by atoms with Crippen molar-refractivity contribution in [1.29, 1.82) is 0 Å². The van der Waals surface area contributed by atoms with E-state index >= 15 is 0 Å². The summed E-state index contributed by atoms with van der Waals surface area (Å²) in [5.74, 6) is -0.877. The molecule has 0 bridgehead atoms. The van der Waals surface area contributed by atoms with Gasteiger partial charge in [-0.15, -0.1) is 0 Å². The van der Waals surface area contributed by atoms with Crippen LogP contribution in [-0.2, 0) is 12.8 Å². The molecule has 0 saturated carbocycles. The van der Waals surface area contributed by atoms with Gasteiger partial charge in [0.2, 0.25) is 0 Å². The van der Waals surface area contributed by atoms with Crippen LogP contribution in [0.1, 0.15) is 45.2 Å². The first-order valence-electron chi connectivity index (χ1n) is 6.78. The lowest BCUT2D eigenvalue weighted by molar-refractivity contribution is 0.0696. The molecule has 2 aromatic rings. The third-order valence-electron chi connectivity index (χ3n) is 3.58. The molecule has 20 heavy (non-hydrogen) atoms. The number of carboxylic acids is 1. The number of hydrogen-bond donors (Lipinski definition) is 1. The highest BCUT2D eigenvalue weighted by molar-refractivity contribution is 5.89. The first-order chi connectivity index (χ1) is 9.51. The molecule has 2 rings (SSSR count). The molecule has 0 spiro atoms. The minimum Gasteiger partial charge on any atom is -0.478 e. The van der Waals surface area contributed by atoms with Crippen molar-refractivity contribution in [3.8, 4) is 0 Å².